The third-order valence-corrected chi connectivity index (χ3v) is 2.09. The maximum Gasteiger partial charge on any atom is 0.311 e. The molecule has 1 N–H and O–H groups in total. The Hall–Kier alpha value is -2.24. The van der Waals surface area contributed by atoms with Crippen LogP contribution in [0.25, 0.3) is 0 Å². The molecule has 0 unspecified atom stereocenters. The minimum absolute atomic E-state index is 0.599. The molecule has 0 saturated carbocycles. The van der Waals surface area contributed by atoms with Gasteiger partial charge in [-0.2, -0.15) is 5.10 Å². The van der Waals surface area contributed by atoms with Gasteiger partial charge in [0.1, 0.15) is 0 Å². The van der Waals surface area contributed by atoms with Gasteiger partial charge in [-0.15, -0.1) is 0 Å². The van der Waals surface area contributed by atoms with E-state index in [0.717, 1.165) is 11.1 Å². The molecule has 90 valence electrons. The highest BCUT2D eigenvalue weighted by atomic mass is 16.6. The third kappa shape index (κ3) is 4.42. The summed E-state index contributed by atoms with van der Waals surface area (Å²) < 4.78 is 0. The number of hydrogen-bond acceptors (Lipinski definition) is 4. The number of nitro groups is 1. The van der Waals surface area contributed by atoms with Crippen LogP contribution in [0.15, 0.2) is 29.4 Å². The zero-order chi connectivity index (χ0) is 12.8. The molecule has 0 radical (unpaired) electrons. The lowest BCUT2D eigenvalue weighted by molar-refractivity contribution is -0.467. The Bertz CT molecular complexity index is 452. The fourth-order valence-corrected chi connectivity index (χ4v) is 1.16. The number of hydrazone groups is 1. The van der Waals surface area contributed by atoms with Crippen molar-refractivity contribution in [3.8, 4) is 0 Å². The van der Waals surface area contributed by atoms with E-state index in [1.165, 1.54) is 0 Å². The van der Waals surface area contributed by atoms with Crippen LogP contribution in [0.5, 0.6) is 0 Å². The molecule has 0 saturated heterocycles. The minimum Gasteiger partial charge on any atom is -0.265 e. The van der Waals surface area contributed by atoms with E-state index in [-0.39, 0.29) is 0 Å². The largest absolute Gasteiger partial charge is 0.311 e. The first-order valence-corrected chi connectivity index (χ1v) is 5.01. The molecular weight excluding hydrogens is 222 g/mol. The molecule has 0 atom stereocenters. The van der Waals surface area contributed by atoms with Crippen LogP contribution in [0.3, 0.4) is 0 Å². The summed E-state index contributed by atoms with van der Waals surface area (Å²) >= 11 is 0. The van der Waals surface area contributed by atoms with Crippen LogP contribution >= 0.6 is 0 Å². The molecule has 17 heavy (non-hydrogen) atoms. The molecule has 1 amide bonds. The van der Waals surface area contributed by atoms with Gasteiger partial charge in [0.05, 0.1) is 5.71 Å². The SMILES string of the molecule is CC(=NNC(=O)C[N+](=O)[O-])c1ccc(C)cc1. The quantitative estimate of drug-likeness (QED) is 0.482. The molecule has 0 heterocycles. The summed E-state index contributed by atoms with van der Waals surface area (Å²) in [6.45, 7) is 2.91. The van der Waals surface area contributed by atoms with Crippen molar-refractivity contribution in [1.82, 2.24) is 5.43 Å². The molecule has 0 spiro atoms. The molecule has 0 aromatic heterocycles. The lowest BCUT2D eigenvalue weighted by Crippen LogP contribution is -2.26. The van der Waals surface area contributed by atoms with Crippen molar-refractivity contribution in [2.75, 3.05) is 6.54 Å². The smallest absolute Gasteiger partial charge is 0.265 e. The van der Waals surface area contributed by atoms with Crippen molar-refractivity contribution in [1.29, 1.82) is 0 Å². The van der Waals surface area contributed by atoms with Gasteiger partial charge in [0.25, 0.3) is 6.54 Å². The Morgan fingerprint density at radius 2 is 2.00 bits per heavy atom. The predicted octanol–water partition coefficient (Wildman–Crippen LogP) is 1.11. The average Bonchev–Trinajstić information content (AvgIpc) is 2.26. The van der Waals surface area contributed by atoms with E-state index in [4.69, 9.17) is 0 Å². The Kier molecular flexibility index (Phi) is 4.33. The monoisotopic (exact) mass is 235 g/mol. The van der Waals surface area contributed by atoms with Crippen molar-refractivity contribution >= 4 is 11.6 Å². The number of carbonyl (C=O) groups excluding carboxylic acids is 1. The van der Waals surface area contributed by atoms with E-state index in [9.17, 15) is 14.9 Å². The maximum atomic E-state index is 11.0. The van der Waals surface area contributed by atoms with Gasteiger partial charge >= 0.3 is 5.91 Å². The van der Waals surface area contributed by atoms with Gasteiger partial charge in [-0.3, -0.25) is 14.9 Å². The average molecular weight is 235 g/mol. The number of carbonyl (C=O) groups is 1. The van der Waals surface area contributed by atoms with E-state index >= 15 is 0 Å². The van der Waals surface area contributed by atoms with Gasteiger partial charge in [-0.25, -0.2) is 5.43 Å². The zero-order valence-electron chi connectivity index (χ0n) is 9.64. The second kappa shape index (κ2) is 5.74. The van der Waals surface area contributed by atoms with Crippen molar-refractivity contribution in [2.45, 2.75) is 13.8 Å². The van der Waals surface area contributed by atoms with Crippen molar-refractivity contribution in [3.05, 3.63) is 45.5 Å². The van der Waals surface area contributed by atoms with E-state index in [1.54, 1.807) is 6.92 Å². The van der Waals surface area contributed by atoms with Gasteiger partial charge in [-0.1, -0.05) is 29.8 Å². The first-order chi connectivity index (χ1) is 7.99. The highest BCUT2D eigenvalue weighted by molar-refractivity contribution is 5.99. The second-order valence-electron chi connectivity index (χ2n) is 3.59. The van der Waals surface area contributed by atoms with Crippen molar-refractivity contribution in [3.63, 3.8) is 0 Å². The maximum absolute atomic E-state index is 11.0. The number of rotatable bonds is 4. The van der Waals surface area contributed by atoms with Gasteiger partial charge in [0.15, 0.2) is 0 Å². The molecule has 0 aliphatic rings. The summed E-state index contributed by atoms with van der Waals surface area (Å²) in [6, 6.07) is 7.59. The molecule has 0 bridgehead atoms. The van der Waals surface area contributed by atoms with E-state index in [1.807, 2.05) is 31.2 Å². The number of amides is 1. The van der Waals surface area contributed by atoms with Gasteiger partial charge in [-0.05, 0) is 19.4 Å². The van der Waals surface area contributed by atoms with E-state index in [2.05, 4.69) is 10.5 Å². The minimum atomic E-state index is -0.773. The first kappa shape index (κ1) is 12.8. The Morgan fingerprint density at radius 1 is 1.41 bits per heavy atom. The fourth-order valence-electron chi connectivity index (χ4n) is 1.16. The number of hydrogen-bond donors (Lipinski definition) is 1. The Balaban J connectivity index is 2.63. The summed E-state index contributed by atoms with van der Waals surface area (Å²) in [5.41, 5.74) is 4.72. The van der Waals surface area contributed by atoms with Crippen LogP contribution in [0.2, 0.25) is 0 Å². The molecule has 1 rings (SSSR count). The molecule has 1 aromatic carbocycles. The lowest BCUT2D eigenvalue weighted by atomic mass is 10.1. The van der Waals surface area contributed by atoms with E-state index < -0.39 is 17.4 Å². The lowest BCUT2D eigenvalue weighted by Gasteiger charge is -2.01. The normalized spacial score (nSPS) is 11.1. The zero-order valence-corrected chi connectivity index (χ0v) is 9.64. The first-order valence-electron chi connectivity index (χ1n) is 5.01. The predicted molar refractivity (Wildman–Crippen MR) is 63.4 cm³/mol. The molecule has 6 nitrogen and oxygen atoms in total. The van der Waals surface area contributed by atoms with Crippen molar-refractivity contribution < 1.29 is 9.72 Å². The Labute approximate surface area is 98.5 Å². The fraction of sp³-hybridized carbons (Fsp3) is 0.273. The highest BCUT2D eigenvalue weighted by Gasteiger charge is 2.07. The number of nitrogens with one attached hydrogen (secondary N) is 1. The summed E-state index contributed by atoms with van der Waals surface area (Å²) in [5.74, 6) is -0.735. The van der Waals surface area contributed by atoms with Crippen LogP contribution < -0.4 is 5.43 Å². The van der Waals surface area contributed by atoms with Gasteiger partial charge in [0, 0.05) is 4.92 Å². The van der Waals surface area contributed by atoms with Crippen LogP contribution in [-0.2, 0) is 4.79 Å². The second-order valence-corrected chi connectivity index (χ2v) is 3.59. The molecular formula is C11H13N3O3. The summed E-state index contributed by atoms with van der Waals surface area (Å²) in [4.78, 5) is 20.3. The topological polar surface area (TPSA) is 84.6 Å². The number of benzene rings is 1. The molecule has 6 heteroatoms. The molecule has 1 aromatic rings. The molecule has 0 aliphatic carbocycles. The number of aryl methyl sites for hydroxylation is 1. The standard InChI is InChI=1S/C11H13N3O3/c1-8-3-5-10(6-4-8)9(2)12-13-11(15)7-14(16)17/h3-6H,7H2,1-2H3,(H,13,15). The van der Waals surface area contributed by atoms with E-state index in [0.29, 0.717) is 5.71 Å². The van der Waals surface area contributed by atoms with Crippen LogP contribution in [-0.4, -0.2) is 23.1 Å². The summed E-state index contributed by atoms with van der Waals surface area (Å²) in [6.07, 6.45) is 0. The molecule has 0 aliphatic heterocycles. The van der Waals surface area contributed by atoms with Gasteiger partial charge in [0.2, 0.25) is 0 Å². The Morgan fingerprint density at radius 3 is 2.53 bits per heavy atom. The van der Waals surface area contributed by atoms with Crippen LogP contribution in [0.1, 0.15) is 18.1 Å². The summed E-state index contributed by atoms with van der Waals surface area (Å²) in [7, 11) is 0. The molecule has 0 fully saturated rings. The summed E-state index contributed by atoms with van der Waals surface area (Å²) in [5, 5.41) is 13.8. The van der Waals surface area contributed by atoms with Crippen molar-refractivity contribution in [2.24, 2.45) is 5.10 Å². The third-order valence-electron chi connectivity index (χ3n) is 2.09. The van der Waals surface area contributed by atoms with Gasteiger partial charge < -0.3 is 0 Å². The number of nitrogens with zero attached hydrogens (tertiary/aromatic N) is 2. The van der Waals surface area contributed by atoms with Crippen LogP contribution in [0, 0.1) is 17.0 Å². The highest BCUT2D eigenvalue weighted by Crippen LogP contribution is 2.03. The van der Waals surface area contributed by atoms with Crippen LogP contribution in [0.4, 0.5) is 0 Å².